The van der Waals surface area contributed by atoms with Crippen molar-refractivity contribution in [3.05, 3.63) is 42.6 Å². The number of hydrogen-bond acceptors (Lipinski definition) is 2. The minimum Gasteiger partial charge on any atom is -0.294 e. The van der Waals surface area contributed by atoms with Gasteiger partial charge in [0.05, 0.1) is 5.69 Å². The monoisotopic (exact) mass is 204 g/mol. The third kappa shape index (κ3) is 1.77. The molecule has 0 unspecified atom stereocenters. The fraction of sp³-hybridized carbons (Fsp3) is 0.182. The van der Waals surface area contributed by atoms with Gasteiger partial charge in [0.1, 0.15) is 4.99 Å². The molecule has 1 aliphatic rings. The average Bonchev–Trinajstić information content (AvgIpc) is 2.51. The minimum absolute atomic E-state index is 0.916. The second kappa shape index (κ2) is 3.80. The number of allylic oxidation sites excluding steroid dienone is 1. The molecule has 14 heavy (non-hydrogen) atoms. The van der Waals surface area contributed by atoms with E-state index in [0.717, 1.165) is 29.2 Å². The zero-order valence-corrected chi connectivity index (χ0v) is 8.68. The highest BCUT2D eigenvalue weighted by atomic mass is 32.1. The summed E-state index contributed by atoms with van der Waals surface area (Å²) < 4.78 is 0. The van der Waals surface area contributed by atoms with Gasteiger partial charge in [-0.05, 0) is 18.6 Å². The lowest BCUT2D eigenvalue weighted by molar-refractivity contribution is 0.645. The van der Waals surface area contributed by atoms with E-state index in [0.29, 0.717) is 0 Å². The fourth-order valence-electron chi connectivity index (χ4n) is 1.43. The van der Waals surface area contributed by atoms with Crippen molar-refractivity contribution in [3.8, 4) is 0 Å². The minimum atomic E-state index is 0.916. The maximum atomic E-state index is 5.22. The molecule has 0 aromatic heterocycles. The molecule has 3 heteroatoms. The van der Waals surface area contributed by atoms with E-state index in [-0.39, 0.29) is 0 Å². The largest absolute Gasteiger partial charge is 0.294 e. The Labute approximate surface area is 89.2 Å². The fourth-order valence-corrected chi connectivity index (χ4v) is 1.71. The Hall–Kier alpha value is -1.35. The summed E-state index contributed by atoms with van der Waals surface area (Å²) >= 11 is 5.22. The second-order valence-corrected chi connectivity index (χ2v) is 3.74. The molecule has 1 aromatic carbocycles. The van der Waals surface area contributed by atoms with Gasteiger partial charge >= 0.3 is 0 Å². The van der Waals surface area contributed by atoms with Crippen LogP contribution in [-0.4, -0.2) is 10.00 Å². The van der Waals surface area contributed by atoms with E-state index < -0.39 is 0 Å². The highest BCUT2D eigenvalue weighted by Crippen LogP contribution is 2.22. The molecular formula is C11H12N2S. The molecule has 72 valence electrons. The van der Waals surface area contributed by atoms with E-state index in [1.54, 1.807) is 0 Å². The summed E-state index contributed by atoms with van der Waals surface area (Å²) in [4.78, 5) is 0.916. The van der Waals surface area contributed by atoms with Crippen LogP contribution in [0.4, 0.5) is 5.69 Å². The van der Waals surface area contributed by atoms with Gasteiger partial charge in [-0.25, -0.2) is 0 Å². The van der Waals surface area contributed by atoms with Crippen molar-refractivity contribution >= 4 is 22.9 Å². The van der Waals surface area contributed by atoms with Crippen molar-refractivity contribution in [2.24, 2.45) is 0 Å². The van der Waals surface area contributed by atoms with Crippen LogP contribution in [0.1, 0.15) is 12.8 Å². The molecule has 0 radical (unpaired) electrons. The van der Waals surface area contributed by atoms with Crippen LogP contribution in [0.2, 0.25) is 0 Å². The van der Waals surface area contributed by atoms with Crippen molar-refractivity contribution in [2.75, 3.05) is 5.43 Å². The van der Waals surface area contributed by atoms with Crippen LogP contribution in [-0.2, 0) is 0 Å². The first kappa shape index (κ1) is 9.21. The van der Waals surface area contributed by atoms with Gasteiger partial charge in [-0.3, -0.25) is 10.4 Å². The summed E-state index contributed by atoms with van der Waals surface area (Å²) in [5.74, 6) is 0. The Kier molecular flexibility index (Phi) is 2.50. The van der Waals surface area contributed by atoms with Crippen molar-refractivity contribution in [2.45, 2.75) is 12.8 Å². The predicted octanol–water partition coefficient (Wildman–Crippen LogP) is 2.95. The van der Waals surface area contributed by atoms with E-state index in [1.807, 2.05) is 35.3 Å². The van der Waals surface area contributed by atoms with Gasteiger partial charge in [0.2, 0.25) is 0 Å². The molecule has 0 amide bonds. The zero-order chi connectivity index (χ0) is 9.97. The van der Waals surface area contributed by atoms with Crippen molar-refractivity contribution in [1.82, 2.24) is 5.01 Å². The number of hydrogen-bond donors (Lipinski definition) is 1. The van der Waals surface area contributed by atoms with Crippen LogP contribution in [0.5, 0.6) is 0 Å². The van der Waals surface area contributed by atoms with E-state index >= 15 is 0 Å². The number of para-hydroxylation sites is 1. The molecule has 2 nitrogen and oxygen atoms in total. The first-order valence-electron chi connectivity index (χ1n) is 4.60. The van der Waals surface area contributed by atoms with E-state index in [4.69, 9.17) is 12.2 Å². The normalized spacial score (nSPS) is 16.1. The van der Waals surface area contributed by atoms with E-state index in [9.17, 15) is 0 Å². The number of nitrogens with one attached hydrogen (secondary N) is 1. The Morgan fingerprint density at radius 3 is 2.50 bits per heavy atom. The van der Waals surface area contributed by atoms with E-state index in [2.05, 4.69) is 12.0 Å². The summed E-state index contributed by atoms with van der Waals surface area (Å²) in [6.45, 7) is 3.96. The molecule has 1 aliphatic heterocycles. The maximum Gasteiger partial charge on any atom is 0.103 e. The van der Waals surface area contributed by atoms with Gasteiger partial charge in [0.25, 0.3) is 0 Å². The Morgan fingerprint density at radius 2 is 1.93 bits per heavy atom. The van der Waals surface area contributed by atoms with Gasteiger partial charge < -0.3 is 0 Å². The van der Waals surface area contributed by atoms with Crippen LogP contribution >= 0.6 is 12.2 Å². The van der Waals surface area contributed by atoms with Gasteiger partial charge in [-0.15, -0.1) is 0 Å². The lowest BCUT2D eigenvalue weighted by atomic mass is 10.3. The van der Waals surface area contributed by atoms with Crippen molar-refractivity contribution in [1.29, 1.82) is 0 Å². The molecule has 2 rings (SSSR count). The lowest BCUT2D eigenvalue weighted by Crippen LogP contribution is -2.27. The zero-order valence-electron chi connectivity index (χ0n) is 7.86. The Balaban J connectivity index is 2.11. The van der Waals surface area contributed by atoms with Gasteiger partial charge in [-0.1, -0.05) is 37.0 Å². The van der Waals surface area contributed by atoms with Crippen molar-refractivity contribution in [3.63, 3.8) is 0 Å². The molecular weight excluding hydrogens is 192 g/mol. The van der Waals surface area contributed by atoms with Crippen LogP contribution in [0.3, 0.4) is 0 Å². The summed E-state index contributed by atoms with van der Waals surface area (Å²) in [6.07, 6.45) is 1.88. The number of anilines is 1. The summed E-state index contributed by atoms with van der Waals surface area (Å²) in [6, 6.07) is 9.99. The second-order valence-electron chi connectivity index (χ2n) is 3.27. The topological polar surface area (TPSA) is 15.3 Å². The quantitative estimate of drug-likeness (QED) is 0.746. The molecule has 1 aromatic rings. The average molecular weight is 204 g/mol. The van der Waals surface area contributed by atoms with E-state index in [1.165, 1.54) is 0 Å². The molecule has 0 saturated carbocycles. The third-order valence-electron chi connectivity index (χ3n) is 2.21. The van der Waals surface area contributed by atoms with Crippen LogP contribution < -0.4 is 5.43 Å². The third-order valence-corrected chi connectivity index (χ3v) is 2.59. The summed E-state index contributed by atoms with van der Waals surface area (Å²) in [7, 11) is 0. The Bertz CT molecular complexity index is 343. The molecule has 0 aliphatic carbocycles. The predicted molar refractivity (Wildman–Crippen MR) is 62.9 cm³/mol. The van der Waals surface area contributed by atoms with Gasteiger partial charge in [0, 0.05) is 12.1 Å². The molecule has 1 saturated heterocycles. The molecule has 1 heterocycles. The molecule has 0 atom stereocenters. The van der Waals surface area contributed by atoms with Crippen molar-refractivity contribution < 1.29 is 0 Å². The Morgan fingerprint density at radius 1 is 1.21 bits per heavy atom. The number of benzene rings is 1. The molecule has 1 fully saturated rings. The summed E-state index contributed by atoms with van der Waals surface area (Å²) in [5.41, 5.74) is 5.31. The first-order valence-corrected chi connectivity index (χ1v) is 5.00. The molecule has 1 N–H and O–H groups in total. The lowest BCUT2D eigenvalue weighted by Gasteiger charge is -2.21. The highest BCUT2D eigenvalue weighted by Gasteiger charge is 2.20. The molecule has 0 bridgehead atoms. The standard InChI is InChI=1S/C11H12N2S/c1-9-7-8-11(14)13(9)12-10-5-3-2-4-6-10/h2-6,12H,1,7-8H2. The number of thiocarbonyl (C=S) groups is 1. The molecule has 0 spiro atoms. The number of hydrazine groups is 1. The van der Waals surface area contributed by atoms with Gasteiger partial charge in [-0.2, -0.15) is 0 Å². The van der Waals surface area contributed by atoms with Gasteiger partial charge in [0.15, 0.2) is 0 Å². The van der Waals surface area contributed by atoms with Crippen LogP contribution in [0, 0.1) is 0 Å². The van der Waals surface area contributed by atoms with Crippen LogP contribution in [0.15, 0.2) is 42.6 Å². The van der Waals surface area contributed by atoms with Crippen LogP contribution in [0.25, 0.3) is 0 Å². The maximum absolute atomic E-state index is 5.22. The first-order chi connectivity index (χ1) is 6.77. The number of rotatable bonds is 2. The summed E-state index contributed by atoms with van der Waals surface area (Å²) in [5, 5.41) is 1.89. The highest BCUT2D eigenvalue weighted by molar-refractivity contribution is 7.80. The number of nitrogens with zero attached hydrogens (tertiary/aromatic N) is 1. The smallest absolute Gasteiger partial charge is 0.103 e. The SMILES string of the molecule is C=C1CCC(=S)N1Nc1ccccc1.